The zero-order valence-corrected chi connectivity index (χ0v) is 16.5. The van der Waals surface area contributed by atoms with E-state index in [1.54, 1.807) is 18.4 Å². The van der Waals surface area contributed by atoms with Crippen LogP contribution in [-0.4, -0.2) is 43.4 Å². The molecule has 0 saturated carbocycles. The molecule has 0 saturated heterocycles. The molecule has 0 unspecified atom stereocenters. The third kappa shape index (κ3) is 5.42. The number of halogens is 1. The Labute approximate surface area is 153 Å². The highest BCUT2D eigenvalue weighted by Gasteiger charge is 2.21. The van der Waals surface area contributed by atoms with Gasteiger partial charge < -0.3 is 15.5 Å². The largest absolute Gasteiger partial charge is 0.356 e. The minimum atomic E-state index is 0. The van der Waals surface area contributed by atoms with Crippen molar-refractivity contribution in [1.82, 2.24) is 15.5 Å². The summed E-state index contributed by atoms with van der Waals surface area (Å²) < 4.78 is 0. The van der Waals surface area contributed by atoms with Gasteiger partial charge in [-0.25, -0.2) is 0 Å². The maximum absolute atomic E-state index is 12.3. The molecule has 0 aliphatic carbocycles. The second-order valence-corrected chi connectivity index (χ2v) is 6.64. The van der Waals surface area contributed by atoms with Crippen molar-refractivity contribution < 1.29 is 4.79 Å². The van der Waals surface area contributed by atoms with Gasteiger partial charge in [-0.15, -0.1) is 35.3 Å². The standard InChI is InChI=1S/C15H24N4OS.HI/c1-11(2)8-17-15(16-3)18-9-14(20)19-6-4-13-12(10-19)5-7-21-13;/h5,7,11H,4,6,8-10H2,1-3H3,(H2,16,17,18);1H. The van der Waals surface area contributed by atoms with Crippen LogP contribution < -0.4 is 10.6 Å². The van der Waals surface area contributed by atoms with E-state index in [9.17, 15) is 4.79 Å². The summed E-state index contributed by atoms with van der Waals surface area (Å²) in [5.74, 6) is 1.35. The van der Waals surface area contributed by atoms with Gasteiger partial charge in [0.2, 0.25) is 5.91 Å². The minimum absolute atomic E-state index is 0. The summed E-state index contributed by atoms with van der Waals surface area (Å²) in [4.78, 5) is 19.7. The maximum atomic E-state index is 12.3. The zero-order chi connectivity index (χ0) is 15.2. The molecular formula is C15H25IN4OS. The lowest BCUT2D eigenvalue weighted by Crippen LogP contribution is -2.46. The summed E-state index contributed by atoms with van der Waals surface area (Å²) in [6.07, 6.45) is 0.971. The van der Waals surface area contributed by atoms with Gasteiger partial charge in [-0.05, 0) is 29.3 Å². The molecule has 0 atom stereocenters. The fourth-order valence-corrected chi connectivity index (χ4v) is 3.14. The molecule has 22 heavy (non-hydrogen) atoms. The first kappa shape index (κ1) is 19.2. The average molecular weight is 436 g/mol. The van der Waals surface area contributed by atoms with Gasteiger partial charge in [-0.3, -0.25) is 9.79 Å². The van der Waals surface area contributed by atoms with Crippen molar-refractivity contribution in [2.24, 2.45) is 10.9 Å². The number of carbonyl (C=O) groups is 1. The minimum Gasteiger partial charge on any atom is -0.356 e. The molecule has 1 amide bonds. The Kier molecular flexibility index (Phi) is 8.16. The molecule has 1 aromatic rings. The number of rotatable bonds is 4. The predicted molar refractivity (Wildman–Crippen MR) is 103 cm³/mol. The lowest BCUT2D eigenvalue weighted by atomic mass is 10.1. The third-order valence-electron chi connectivity index (χ3n) is 3.47. The second-order valence-electron chi connectivity index (χ2n) is 5.63. The van der Waals surface area contributed by atoms with E-state index in [4.69, 9.17) is 0 Å². The van der Waals surface area contributed by atoms with Crippen molar-refractivity contribution in [2.45, 2.75) is 26.8 Å². The van der Waals surface area contributed by atoms with Crippen LogP contribution >= 0.6 is 35.3 Å². The first-order valence-corrected chi connectivity index (χ1v) is 8.25. The molecule has 0 aromatic carbocycles. The molecule has 2 heterocycles. The Bertz CT molecular complexity index is 515. The molecule has 7 heteroatoms. The smallest absolute Gasteiger partial charge is 0.242 e. The number of hydrogen-bond acceptors (Lipinski definition) is 3. The quantitative estimate of drug-likeness (QED) is 0.432. The van der Waals surface area contributed by atoms with Gasteiger partial charge in [0.15, 0.2) is 5.96 Å². The van der Waals surface area contributed by atoms with Crippen molar-refractivity contribution in [3.05, 3.63) is 21.9 Å². The number of aliphatic imine (C=N–C) groups is 1. The summed E-state index contributed by atoms with van der Waals surface area (Å²) in [6, 6.07) is 2.12. The SMILES string of the molecule is CN=C(NCC(=O)N1CCc2sccc2C1)NCC(C)C.I. The Morgan fingerprint density at radius 3 is 2.91 bits per heavy atom. The van der Waals surface area contributed by atoms with Crippen molar-refractivity contribution in [1.29, 1.82) is 0 Å². The molecule has 0 spiro atoms. The van der Waals surface area contributed by atoms with E-state index in [-0.39, 0.29) is 36.4 Å². The van der Waals surface area contributed by atoms with Crippen LogP contribution in [0.3, 0.4) is 0 Å². The number of amides is 1. The zero-order valence-electron chi connectivity index (χ0n) is 13.4. The van der Waals surface area contributed by atoms with Crippen molar-refractivity contribution in [2.75, 3.05) is 26.7 Å². The molecule has 124 valence electrons. The fraction of sp³-hybridized carbons (Fsp3) is 0.600. The van der Waals surface area contributed by atoms with Gasteiger partial charge in [0.05, 0.1) is 6.54 Å². The average Bonchev–Trinajstić information content (AvgIpc) is 2.94. The maximum Gasteiger partial charge on any atom is 0.242 e. The molecule has 2 rings (SSSR count). The van der Waals surface area contributed by atoms with Gasteiger partial charge >= 0.3 is 0 Å². The monoisotopic (exact) mass is 436 g/mol. The fourth-order valence-electron chi connectivity index (χ4n) is 2.25. The lowest BCUT2D eigenvalue weighted by Gasteiger charge is -2.27. The number of hydrogen-bond donors (Lipinski definition) is 2. The number of thiophene rings is 1. The summed E-state index contributed by atoms with van der Waals surface area (Å²) in [5, 5.41) is 8.40. The Balaban J connectivity index is 0.00000242. The molecule has 0 fully saturated rings. The summed E-state index contributed by atoms with van der Waals surface area (Å²) in [7, 11) is 1.72. The molecule has 5 nitrogen and oxygen atoms in total. The Morgan fingerprint density at radius 1 is 1.45 bits per heavy atom. The highest BCUT2D eigenvalue weighted by atomic mass is 127. The third-order valence-corrected chi connectivity index (χ3v) is 4.49. The van der Waals surface area contributed by atoms with Crippen LogP contribution in [0.15, 0.2) is 16.4 Å². The molecule has 2 N–H and O–H groups in total. The molecule has 0 bridgehead atoms. The highest BCUT2D eigenvalue weighted by Crippen LogP contribution is 2.23. The number of carbonyl (C=O) groups excluding carboxylic acids is 1. The van der Waals surface area contributed by atoms with Crippen LogP contribution in [0.1, 0.15) is 24.3 Å². The first-order valence-electron chi connectivity index (χ1n) is 7.37. The van der Waals surface area contributed by atoms with Crippen LogP contribution in [0.2, 0.25) is 0 Å². The summed E-state index contributed by atoms with van der Waals surface area (Å²) >= 11 is 1.79. The van der Waals surface area contributed by atoms with Crippen LogP contribution in [0, 0.1) is 5.92 Å². The predicted octanol–water partition coefficient (Wildman–Crippen LogP) is 2.07. The topological polar surface area (TPSA) is 56.7 Å². The van der Waals surface area contributed by atoms with E-state index in [0.717, 1.165) is 26.1 Å². The first-order chi connectivity index (χ1) is 10.1. The van der Waals surface area contributed by atoms with Gasteiger partial charge in [-0.1, -0.05) is 13.8 Å². The van der Waals surface area contributed by atoms with E-state index < -0.39 is 0 Å². The van der Waals surface area contributed by atoms with E-state index in [1.807, 2.05) is 4.90 Å². The molecule has 0 radical (unpaired) electrons. The number of guanidine groups is 1. The normalized spacial score (nSPS) is 14.4. The van der Waals surface area contributed by atoms with Crippen molar-refractivity contribution in [3.8, 4) is 0 Å². The molecular weight excluding hydrogens is 411 g/mol. The second kappa shape index (κ2) is 9.34. The van der Waals surface area contributed by atoms with Gasteiger partial charge in [0, 0.05) is 31.6 Å². The summed E-state index contributed by atoms with van der Waals surface area (Å²) in [6.45, 7) is 6.95. The molecule has 1 aliphatic heterocycles. The van der Waals surface area contributed by atoms with E-state index in [2.05, 4.69) is 40.9 Å². The number of fused-ring (bicyclic) bond motifs is 1. The van der Waals surface area contributed by atoms with Gasteiger partial charge in [0.25, 0.3) is 0 Å². The summed E-state index contributed by atoms with van der Waals surface area (Å²) in [5.41, 5.74) is 1.29. The Hall–Kier alpha value is -0.830. The van der Waals surface area contributed by atoms with Crippen molar-refractivity contribution >= 4 is 47.2 Å². The molecule has 1 aliphatic rings. The van der Waals surface area contributed by atoms with Crippen molar-refractivity contribution in [3.63, 3.8) is 0 Å². The molecule has 1 aromatic heterocycles. The van der Waals surface area contributed by atoms with E-state index in [0.29, 0.717) is 11.9 Å². The van der Waals surface area contributed by atoms with Gasteiger partial charge in [-0.2, -0.15) is 0 Å². The van der Waals surface area contributed by atoms with Crippen LogP contribution in [-0.2, 0) is 17.8 Å². The van der Waals surface area contributed by atoms with Crippen LogP contribution in [0.4, 0.5) is 0 Å². The van der Waals surface area contributed by atoms with E-state index in [1.165, 1.54) is 10.4 Å². The van der Waals surface area contributed by atoms with Crippen LogP contribution in [0.5, 0.6) is 0 Å². The van der Waals surface area contributed by atoms with Gasteiger partial charge in [0.1, 0.15) is 0 Å². The Morgan fingerprint density at radius 2 is 2.23 bits per heavy atom. The highest BCUT2D eigenvalue weighted by molar-refractivity contribution is 14.0. The van der Waals surface area contributed by atoms with E-state index >= 15 is 0 Å². The lowest BCUT2D eigenvalue weighted by molar-refractivity contribution is -0.130. The number of nitrogens with zero attached hydrogens (tertiary/aromatic N) is 2. The number of nitrogens with one attached hydrogen (secondary N) is 2. The van der Waals surface area contributed by atoms with Crippen LogP contribution in [0.25, 0.3) is 0 Å².